The van der Waals surface area contributed by atoms with Crippen LogP contribution in [0.25, 0.3) is 5.57 Å². The molecule has 8 nitrogen and oxygen atoms in total. The van der Waals surface area contributed by atoms with Crippen molar-refractivity contribution in [1.29, 1.82) is 0 Å². The Balaban J connectivity index is 1.94. The number of carbonyl (C=O) groups is 1. The largest absolute Gasteiger partial charge is 0.475 e. The average molecular weight is 519 g/mol. The predicted octanol–water partition coefficient (Wildman–Crippen LogP) is 4.00. The highest BCUT2D eigenvalue weighted by Gasteiger charge is 2.33. The molecule has 2 N–H and O–H groups in total. The van der Waals surface area contributed by atoms with Crippen LogP contribution < -0.4 is 15.0 Å². The predicted molar refractivity (Wildman–Crippen MR) is 133 cm³/mol. The second kappa shape index (κ2) is 12.5. The van der Waals surface area contributed by atoms with Crippen LogP contribution in [0.3, 0.4) is 0 Å². The molecule has 0 saturated carbocycles. The van der Waals surface area contributed by atoms with E-state index in [1.54, 1.807) is 32.1 Å². The molecule has 1 aliphatic heterocycles. The fourth-order valence-electron chi connectivity index (χ4n) is 3.56. The van der Waals surface area contributed by atoms with Crippen LogP contribution in [-0.2, 0) is 10.9 Å². The molecule has 3 heterocycles. The van der Waals surface area contributed by atoms with Gasteiger partial charge in [0.15, 0.2) is 0 Å². The lowest BCUT2D eigenvalue weighted by atomic mass is 9.99. The highest BCUT2D eigenvalue weighted by molar-refractivity contribution is 5.96. The Morgan fingerprint density at radius 2 is 2.00 bits per heavy atom. The summed E-state index contributed by atoms with van der Waals surface area (Å²) >= 11 is 0. The third-order valence-electron chi connectivity index (χ3n) is 5.42. The quantitative estimate of drug-likeness (QED) is 0.485. The number of carbonyl (C=O) groups excluding carboxylic acids is 1. The Kier molecular flexibility index (Phi) is 9.42. The van der Waals surface area contributed by atoms with Gasteiger partial charge in [0.2, 0.25) is 5.88 Å². The van der Waals surface area contributed by atoms with Crippen LogP contribution >= 0.6 is 0 Å². The maximum absolute atomic E-state index is 13.0. The van der Waals surface area contributed by atoms with Crippen LogP contribution in [0, 0.1) is 0 Å². The lowest BCUT2D eigenvalue weighted by Crippen LogP contribution is -2.36. The third kappa shape index (κ3) is 7.64. The number of pyridine rings is 2. The summed E-state index contributed by atoms with van der Waals surface area (Å²) in [6.07, 6.45) is -0.414. The zero-order valence-corrected chi connectivity index (χ0v) is 20.6. The normalized spacial score (nSPS) is 14.9. The van der Waals surface area contributed by atoms with Gasteiger partial charge in [-0.05, 0) is 49.3 Å². The molecule has 0 bridgehead atoms. The van der Waals surface area contributed by atoms with E-state index in [1.807, 2.05) is 6.07 Å². The third-order valence-corrected chi connectivity index (χ3v) is 5.42. The molecule has 198 valence electrons. The topological polar surface area (TPSA) is 96.8 Å². The Morgan fingerprint density at radius 1 is 1.27 bits per heavy atom. The second-order valence-corrected chi connectivity index (χ2v) is 8.19. The molecule has 3 rings (SSSR count). The first-order chi connectivity index (χ1) is 17.6. The van der Waals surface area contributed by atoms with E-state index in [0.717, 1.165) is 6.20 Å². The molecule has 0 aliphatic carbocycles. The number of nitrogens with zero attached hydrogens (tertiary/aromatic N) is 3. The van der Waals surface area contributed by atoms with Gasteiger partial charge in [-0.3, -0.25) is 9.78 Å². The van der Waals surface area contributed by atoms with E-state index < -0.39 is 17.8 Å². The molecule has 1 aliphatic rings. The van der Waals surface area contributed by atoms with Crippen LogP contribution in [0.2, 0.25) is 0 Å². The van der Waals surface area contributed by atoms with Gasteiger partial charge in [0.05, 0.1) is 19.8 Å². The van der Waals surface area contributed by atoms with Gasteiger partial charge in [0, 0.05) is 36.6 Å². The van der Waals surface area contributed by atoms with Crippen molar-refractivity contribution in [2.75, 3.05) is 44.4 Å². The first-order valence-corrected chi connectivity index (χ1v) is 11.6. The van der Waals surface area contributed by atoms with Gasteiger partial charge < -0.3 is 24.8 Å². The Hall–Kier alpha value is -3.70. The number of amides is 1. The molecule has 0 radical (unpaired) electrons. The second-order valence-electron chi connectivity index (χ2n) is 8.19. The minimum atomic E-state index is -4.66. The maximum Gasteiger partial charge on any atom is 0.433 e. The number of hydrogen-bond donors (Lipinski definition) is 2. The standard InChI is InChI=1S/C26H29F3N4O4/c1-4-20(31-25(35)18-5-6-30-22(13-18)26(27,28)29)16-21(17(2)3)19-14-23(33-7-10-36-11-8-33)32-24(15-19)37-12-9-34/h4-6,13-16,34H,2,7-12H2,1,3H3,(H,31,35)/b20-4+,21-16+. The number of allylic oxidation sites excluding steroid dienone is 4. The summed E-state index contributed by atoms with van der Waals surface area (Å²) in [5.74, 6) is 0.250. The van der Waals surface area contributed by atoms with E-state index in [-0.39, 0.29) is 18.8 Å². The number of alkyl halides is 3. The Bertz CT molecular complexity index is 1190. The fraction of sp³-hybridized carbons (Fsp3) is 0.346. The summed E-state index contributed by atoms with van der Waals surface area (Å²) in [5, 5.41) is 11.8. The Morgan fingerprint density at radius 3 is 2.62 bits per heavy atom. The van der Waals surface area contributed by atoms with Crippen molar-refractivity contribution in [1.82, 2.24) is 15.3 Å². The molecule has 0 aromatic carbocycles. The van der Waals surface area contributed by atoms with Gasteiger partial charge in [-0.1, -0.05) is 18.2 Å². The van der Waals surface area contributed by atoms with Gasteiger partial charge in [-0.2, -0.15) is 18.2 Å². The van der Waals surface area contributed by atoms with Crippen LogP contribution in [0.4, 0.5) is 19.0 Å². The minimum Gasteiger partial charge on any atom is -0.475 e. The van der Waals surface area contributed by atoms with Crippen LogP contribution in [0.15, 0.2) is 60.5 Å². The highest BCUT2D eigenvalue weighted by atomic mass is 19.4. The molecule has 0 atom stereocenters. The Labute approximate surface area is 213 Å². The molecular formula is C26H29F3N4O4. The first-order valence-electron chi connectivity index (χ1n) is 11.6. The highest BCUT2D eigenvalue weighted by Crippen LogP contribution is 2.30. The molecule has 2 aromatic rings. The molecule has 0 unspecified atom stereocenters. The monoisotopic (exact) mass is 518 g/mol. The van der Waals surface area contributed by atoms with Gasteiger partial charge in [-0.25, -0.2) is 0 Å². The number of halogens is 3. The number of anilines is 1. The van der Waals surface area contributed by atoms with Gasteiger partial charge in [-0.15, -0.1) is 0 Å². The number of aromatic nitrogens is 2. The molecule has 11 heteroatoms. The van der Waals surface area contributed by atoms with Crippen molar-refractivity contribution in [3.63, 3.8) is 0 Å². The number of nitrogens with one attached hydrogen (secondary N) is 1. The molecule has 0 spiro atoms. The summed E-state index contributed by atoms with van der Waals surface area (Å²) < 4.78 is 50.1. The molecule has 37 heavy (non-hydrogen) atoms. The number of ether oxygens (including phenoxy) is 2. The SMILES string of the molecule is C=C(C)/C(=C\C(=C/C)NC(=O)c1ccnc(C(F)(F)F)c1)c1cc(OCCO)nc(N2CCOCC2)c1. The zero-order valence-electron chi connectivity index (χ0n) is 20.6. The number of morpholine rings is 1. The minimum absolute atomic E-state index is 0.0626. The van der Waals surface area contributed by atoms with Crippen molar-refractivity contribution in [3.8, 4) is 5.88 Å². The van der Waals surface area contributed by atoms with E-state index >= 15 is 0 Å². The first kappa shape index (κ1) is 27.9. The number of hydrogen-bond acceptors (Lipinski definition) is 7. The van der Waals surface area contributed by atoms with E-state index in [1.165, 1.54) is 6.07 Å². The molecule has 2 aromatic heterocycles. The summed E-state index contributed by atoms with van der Waals surface area (Å²) in [4.78, 5) is 22.6. The lowest BCUT2D eigenvalue weighted by molar-refractivity contribution is -0.141. The number of aliphatic hydroxyl groups is 1. The van der Waals surface area contributed by atoms with Gasteiger partial charge >= 0.3 is 6.18 Å². The molecule has 1 amide bonds. The van der Waals surface area contributed by atoms with Gasteiger partial charge in [0.25, 0.3) is 5.91 Å². The molecule has 1 fully saturated rings. The van der Waals surface area contributed by atoms with Crippen molar-refractivity contribution in [2.24, 2.45) is 0 Å². The van der Waals surface area contributed by atoms with Crippen molar-refractivity contribution < 1.29 is 32.5 Å². The smallest absolute Gasteiger partial charge is 0.433 e. The van der Waals surface area contributed by atoms with E-state index in [2.05, 4.69) is 26.8 Å². The van der Waals surface area contributed by atoms with Gasteiger partial charge in [0.1, 0.15) is 18.1 Å². The number of aliphatic hydroxyl groups excluding tert-OH is 1. The van der Waals surface area contributed by atoms with E-state index in [9.17, 15) is 23.1 Å². The molecular weight excluding hydrogens is 489 g/mol. The van der Waals surface area contributed by atoms with Crippen molar-refractivity contribution >= 4 is 17.3 Å². The van der Waals surface area contributed by atoms with Crippen LogP contribution in [-0.4, -0.2) is 60.5 Å². The summed E-state index contributed by atoms with van der Waals surface area (Å²) in [6, 6.07) is 5.48. The van der Waals surface area contributed by atoms with Crippen molar-refractivity contribution in [3.05, 3.63) is 77.3 Å². The van der Waals surface area contributed by atoms with Crippen molar-refractivity contribution in [2.45, 2.75) is 20.0 Å². The van der Waals surface area contributed by atoms with Crippen LogP contribution in [0.1, 0.15) is 35.5 Å². The summed E-state index contributed by atoms with van der Waals surface area (Å²) in [5.41, 5.74) is 1.06. The average Bonchev–Trinajstić information content (AvgIpc) is 2.89. The van der Waals surface area contributed by atoms with Crippen LogP contribution in [0.5, 0.6) is 5.88 Å². The zero-order chi connectivity index (χ0) is 27.0. The lowest BCUT2D eigenvalue weighted by Gasteiger charge is -2.28. The van der Waals surface area contributed by atoms with E-state index in [0.29, 0.717) is 66.5 Å². The fourth-order valence-corrected chi connectivity index (χ4v) is 3.56. The summed E-state index contributed by atoms with van der Waals surface area (Å²) in [7, 11) is 0. The number of rotatable bonds is 9. The molecule has 1 saturated heterocycles. The maximum atomic E-state index is 13.0. The summed E-state index contributed by atoms with van der Waals surface area (Å²) in [6.45, 7) is 9.82. The van der Waals surface area contributed by atoms with E-state index in [4.69, 9.17) is 9.47 Å².